The van der Waals surface area contributed by atoms with Gasteiger partial charge in [-0.2, -0.15) is 0 Å². The lowest BCUT2D eigenvalue weighted by molar-refractivity contribution is -0.384. The first-order valence-electron chi connectivity index (χ1n) is 9.38. The van der Waals surface area contributed by atoms with Gasteiger partial charge in [-0.15, -0.1) is 0 Å². The second-order valence-electron chi connectivity index (χ2n) is 8.46. The molecule has 0 N–H and O–H groups in total. The van der Waals surface area contributed by atoms with Crippen LogP contribution in [0.25, 0.3) is 0 Å². The summed E-state index contributed by atoms with van der Waals surface area (Å²) in [6, 6.07) is 15.3. The van der Waals surface area contributed by atoms with E-state index in [-0.39, 0.29) is 5.69 Å². The van der Waals surface area contributed by atoms with Crippen molar-refractivity contribution in [3.8, 4) is 0 Å². The topological polar surface area (TPSA) is 95.7 Å². The summed E-state index contributed by atoms with van der Waals surface area (Å²) in [6.07, 6.45) is 0.322. The number of fused-ring (bicyclic) bond motifs is 1. The number of benzene rings is 2. The van der Waals surface area contributed by atoms with E-state index >= 15 is 0 Å². The highest BCUT2D eigenvalue weighted by Gasteiger charge is 2.78. The van der Waals surface area contributed by atoms with Gasteiger partial charge in [0, 0.05) is 17.7 Å². The van der Waals surface area contributed by atoms with Gasteiger partial charge in [-0.1, -0.05) is 30.3 Å². The van der Waals surface area contributed by atoms with Crippen molar-refractivity contribution in [2.45, 2.75) is 37.3 Å². The van der Waals surface area contributed by atoms with Crippen molar-refractivity contribution in [2.24, 2.45) is 5.92 Å². The summed E-state index contributed by atoms with van der Waals surface area (Å²) in [6.45, 7) is 6.10. The molecule has 0 aromatic heterocycles. The third-order valence-electron chi connectivity index (χ3n) is 5.58. The Balaban J connectivity index is 1.94. The fourth-order valence-corrected chi connectivity index (χ4v) is 5.96. The van der Waals surface area contributed by atoms with Gasteiger partial charge in [0.15, 0.2) is 13.9 Å². The van der Waals surface area contributed by atoms with Gasteiger partial charge in [0.25, 0.3) is 5.69 Å². The van der Waals surface area contributed by atoms with Crippen LogP contribution in [-0.2, 0) is 30.0 Å². The Labute approximate surface area is 168 Å². The van der Waals surface area contributed by atoms with Gasteiger partial charge in [-0.05, 0) is 43.8 Å². The summed E-state index contributed by atoms with van der Waals surface area (Å²) in [5.41, 5.74) is -1.09. The fraction of sp³-hybridized carbons (Fsp3) is 0.333. The molecule has 7 nitrogen and oxygen atoms in total. The Bertz CT molecular complexity index is 1000. The predicted molar refractivity (Wildman–Crippen MR) is 107 cm³/mol. The molecule has 0 unspecified atom stereocenters. The van der Waals surface area contributed by atoms with E-state index in [0.29, 0.717) is 12.0 Å². The lowest BCUT2D eigenvalue weighted by atomic mass is 9.52. The Kier molecular flexibility index (Phi) is 4.25. The molecular weight excluding hydrogens is 390 g/mol. The van der Waals surface area contributed by atoms with E-state index < -0.39 is 42.1 Å². The quantitative estimate of drug-likeness (QED) is 0.245. The number of ether oxygens (including phenoxy) is 1. The van der Waals surface area contributed by atoms with Crippen molar-refractivity contribution in [1.82, 2.24) is 0 Å². The summed E-state index contributed by atoms with van der Waals surface area (Å²) in [5, 5.41) is 11.1. The maximum Gasteiger partial charge on any atom is 0.376 e. The molecule has 2 fully saturated rings. The molecule has 1 saturated carbocycles. The molecule has 1 aliphatic carbocycles. The van der Waals surface area contributed by atoms with E-state index in [1.165, 1.54) is 12.1 Å². The maximum atomic E-state index is 12.6. The number of esters is 1. The summed E-state index contributed by atoms with van der Waals surface area (Å²) in [4.78, 5) is 35.5. The van der Waals surface area contributed by atoms with Crippen LogP contribution in [0.3, 0.4) is 0 Å². The van der Waals surface area contributed by atoms with Crippen LogP contribution in [0.5, 0.6) is 0 Å². The molecule has 29 heavy (non-hydrogen) atoms. The Hall–Kier alpha value is -2.84. The van der Waals surface area contributed by atoms with Gasteiger partial charge in [0.2, 0.25) is 5.78 Å². The number of nitro groups is 1. The molecule has 1 saturated heterocycles. The van der Waals surface area contributed by atoms with Gasteiger partial charge in [0.1, 0.15) is 5.60 Å². The van der Waals surface area contributed by atoms with Crippen molar-refractivity contribution in [2.75, 3.05) is 0 Å². The third kappa shape index (κ3) is 2.74. The molecule has 2 aromatic rings. The molecule has 0 bridgehead atoms. The number of ketones is 1. The number of nitro benzene ring substituents is 1. The SMILES string of the molecule is C[Si](C)(C)O[C@@]1(c2ccccc2)C[C@H]2C(=O)C(=O)O[C@]21c1ccc([N+](=O)[O-])cc1. The van der Waals surface area contributed by atoms with E-state index in [2.05, 4.69) is 0 Å². The second-order valence-corrected chi connectivity index (χ2v) is 12.9. The lowest BCUT2D eigenvalue weighted by Crippen LogP contribution is -2.67. The zero-order valence-electron chi connectivity index (χ0n) is 16.4. The van der Waals surface area contributed by atoms with E-state index in [1.54, 1.807) is 12.1 Å². The molecule has 8 heteroatoms. The maximum absolute atomic E-state index is 12.6. The zero-order chi connectivity index (χ0) is 21.0. The minimum absolute atomic E-state index is 0.0758. The van der Waals surface area contributed by atoms with E-state index in [1.807, 2.05) is 50.0 Å². The number of hydrogen-bond acceptors (Lipinski definition) is 6. The number of carbonyl (C=O) groups is 2. The van der Waals surface area contributed by atoms with Gasteiger partial charge >= 0.3 is 5.97 Å². The number of carbonyl (C=O) groups excluding carboxylic acids is 2. The van der Waals surface area contributed by atoms with E-state index in [4.69, 9.17) is 9.16 Å². The van der Waals surface area contributed by atoms with Crippen molar-refractivity contribution in [1.29, 1.82) is 0 Å². The Morgan fingerprint density at radius 2 is 1.66 bits per heavy atom. The van der Waals surface area contributed by atoms with Crippen LogP contribution in [0.4, 0.5) is 5.69 Å². The highest BCUT2D eigenvalue weighted by Crippen LogP contribution is 2.67. The predicted octanol–water partition coefficient (Wildman–Crippen LogP) is 3.68. The smallest absolute Gasteiger partial charge is 0.376 e. The lowest BCUT2D eigenvalue weighted by Gasteiger charge is -2.60. The van der Waals surface area contributed by atoms with Crippen LogP contribution in [0, 0.1) is 16.0 Å². The second kappa shape index (κ2) is 6.33. The summed E-state index contributed by atoms with van der Waals surface area (Å²) < 4.78 is 12.5. The van der Waals surface area contributed by atoms with Crippen LogP contribution in [-0.4, -0.2) is 25.0 Å². The summed E-state index contributed by atoms with van der Waals surface area (Å²) in [5.74, 6) is -2.15. The number of Topliss-reactive ketones (excluding diaryl/α,β-unsaturated/α-hetero) is 1. The fourth-order valence-electron chi connectivity index (χ4n) is 4.57. The van der Waals surface area contributed by atoms with Crippen LogP contribution >= 0.6 is 0 Å². The average molecular weight is 411 g/mol. The van der Waals surface area contributed by atoms with Crippen molar-refractivity contribution in [3.63, 3.8) is 0 Å². The van der Waals surface area contributed by atoms with E-state index in [9.17, 15) is 19.7 Å². The highest BCUT2D eigenvalue weighted by atomic mass is 28.4. The van der Waals surface area contributed by atoms with Crippen molar-refractivity contribution in [3.05, 3.63) is 75.8 Å². The zero-order valence-corrected chi connectivity index (χ0v) is 17.4. The molecule has 2 aromatic carbocycles. The monoisotopic (exact) mass is 411 g/mol. The number of nitrogens with zero attached hydrogens (tertiary/aromatic N) is 1. The summed E-state index contributed by atoms with van der Waals surface area (Å²) in [7, 11) is -2.17. The van der Waals surface area contributed by atoms with Crippen LogP contribution in [0.1, 0.15) is 17.5 Å². The average Bonchev–Trinajstić information content (AvgIpc) is 2.88. The first kappa shape index (κ1) is 19.5. The van der Waals surface area contributed by atoms with E-state index in [0.717, 1.165) is 5.56 Å². The van der Waals surface area contributed by atoms with Gasteiger partial charge in [-0.3, -0.25) is 14.9 Å². The number of hydrogen-bond donors (Lipinski definition) is 0. The highest BCUT2D eigenvalue weighted by molar-refractivity contribution is 6.69. The molecule has 1 aliphatic heterocycles. The molecule has 4 rings (SSSR count). The molecular formula is C21H21NO6Si. The van der Waals surface area contributed by atoms with Crippen LogP contribution < -0.4 is 0 Å². The largest absolute Gasteiger partial charge is 0.444 e. The Morgan fingerprint density at radius 1 is 1.03 bits per heavy atom. The molecule has 0 spiro atoms. The standard InChI is InChI=1S/C21H21NO6Si/c1-29(2,3)28-20(14-7-5-4-6-8-14)13-17-18(23)19(24)27-21(17,20)15-9-11-16(12-10-15)22(25)26/h4-12,17H,13H2,1-3H3/t17-,20+,21+/m0/s1. The van der Waals surface area contributed by atoms with Crippen molar-refractivity contribution >= 4 is 25.8 Å². The first-order valence-corrected chi connectivity index (χ1v) is 12.8. The van der Waals surface area contributed by atoms with Crippen molar-refractivity contribution < 1.29 is 23.7 Å². The van der Waals surface area contributed by atoms with Gasteiger partial charge in [-0.25, -0.2) is 4.79 Å². The number of non-ortho nitro benzene ring substituents is 1. The minimum Gasteiger partial charge on any atom is -0.444 e. The molecule has 0 radical (unpaired) electrons. The summed E-state index contributed by atoms with van der Waals surface area (Å²) >= 11 is 0. The minimum atomic E-state index is -2.17. The molecule has 3 atom stereocenters. The molecule has 150 valence electrons. The number of rotatable bonds is 5. The Morgan fingerprint density at radius 3 is 2.17 bits per heavy atom. The van der Waals surface area contributed by atoms with Crippen LogP contribution in [0.15, 0.2) is 54.6 Å². The normalized spacial score (nSPS) is 28.4. The first-order chi connectivity index (χ1) is 13.6. The van der Waals surface area contributed by atoms with Crippen LogP contribution in [0.2, 0.25) is 19.6 Å². The molecule has 0 amide bonds. The molecule has 1 heterocycles. The van der Waals surface area contributed by atoms with Gasteiger partial charge < -0.3 is 9.16 Å². The molecule has 2 aliphatic rings. The van der Waals surface area contributed by atoms with Gasteiger partial charge in [0.05, 0.1) is 10.8 Å². The third-order valence-corrected chi connectivity index (χ3v) is 6.54.